The summed E-state index contributed by atoms with van der Waals surface area (Å²) in [7, 11) is 1.28. The maximum Gasteiger partial charge on any atom is 0.306 e. The van der Waals surface area contributed by atoms with Crippen LogP contribution in [0.1, 0.15) is 43.5 Å². The van der Waals surface area contributed by atoms with Crippen LogP contribution < -0.4 is 10.6 Å². The molecule has 0 saturated carbocycles. The smallest absolute Gasteiger partial charge is 0.306 e. The molecule has 1 aromatic carbocycles. The van der Waals surface area contributed by atoms with Crippen molar-refractivity contribution in [3.63, 3.8) is 0 Å². The summed E-state index contributed by atoms with van der Waals surface area (Å²) in [6.45, 7) is 3.92. The summed E-state index contributed by atoms with van der Waals surface area (Å²) in [6, 6.07) is 6.76. The van der Waals surface area contributed by atoms with Crippen LogP contribution >= 0.6 is 0 Å². The third-order valence-corrected chi connectivity index (χ3v) is 3.18. The fourth-order valence-electron chi connectivity index (χ4n) is 1.69. The van der Waals surface area contributed by atoms with Crippen molar-refractivity contribution in [1.82, 2.24) is 5.32 Å². The van der Waals surface area contributed by atoms with Crippen molar-refractivity contribution in [2.24, 2.45) is 0 Å². The third-order valence-electron chi connectivity index (χ3n) is 3.18. The Morgan fingerprint density at radius 1 is 1.23 bits per heavy atom. The minimum Gasteiger partial charge on any atom is -0.469 e. The number of anilines is 1. The Kier molecular flexibility index (Phi) is 7.08. The Hall–Kier alpha value is -2.37. The maximum atomic E-state index is 12.0. The van der Waals surface area contributed by atoms with Crippen molar-refractivity contribution in [3.8, 4) is 0 Å². The quantitative estimate of drug-likeness (QED) is 0.756. The van der Waals surface area contributed by atoms with E-state index in [0.717, 1.165) is 6.42 Å². The van der Waals surface area contributed by atoms with Gasteiger partial charge < -0.3 is 15.4 Å². The molecule has 0 aliphatic carbocycles. The van der Waals surface area contributed by atoms with E-state index < -0.39 is 5.97 Å². The fraction of sp³-hybridized carbons (Fsp3) is 0.438. The first-order chi connectivity index (χ1) is 10.5. The first kappa shape index (κ1) is 17.7. The Bertz CT molecular complexity index is 543. The Morgan fingerprint density at radius 2 is 1.95 bits per heavy atom. The van der Waals surface area contributed by atoms with E-state index in [0.29, 0.717) is 11.3 Å². The number of esters is 1. The number of carbonyl (C=O) groups excluding carboxylic acids is 3. The number of nitrogens with one attached hydrogen (secondary N) is 2. The molecule has 120 valence electrons. The largest absolute Gasteiger partial charge is 0.469 e. The van der Waals surface area contributed by atoms with Gasteiger partial charge in [-0.05, 0) is 31.5 Å². The van der Waals surface area contributed by atoms with Gasteiger partial charge in [-0.15, -0.1) is 0 Å². The zero-order valence-electron chi connectivity index (χ0n) is 13.1. The molecule has 0 aliphatic rings. The number of benzene rings is 1. The van der Waals surface area contributed by atoms with E-state index in [-0.39, 0.29) is 30.7 Å². The van der Waals surface area contributed by atoms with Crippen molar-refractivity contribution < 1.29 is 19.1 Å². The van der Waals surface area contributed by atoms with Gasteiger partial charge in [-0.3, -0.25) is 14.4 Å². The first-order valence-electron chi connectivity index (χ1n) is 7.23. The number of ether oxygens (including phenoxy) is 1. The second kappa shape index (κ2) is 8.81. The van der Waals surface area contributed by atoms with Gasteiger partial charge in [-0.2, -0.15) is 0 Å². The highest BCUT2D eigenvalue weighted by molar-refractivity contribution is 5.97. The van der Waals surface area contributed by atoms with E-state index >= 15 is 0 Å². The topological polar surface area (TPSA) is 84.5 Å². The lowest BCUT2D eigenvalue weighted by Gasteiger charge is -2.12. The van der Waals surface area contributed by atoms with Crippen LogP contribution in [0, 0.1) is 0 Å². The van der Waals surface area contributed by atoms with Crippen molar-refractivity contribution in [1.29, 1.82) is 0 Å². The average molecular weight is 306 g/mol. The molecule has 1 aromatic rings. The first-order valence-corrected chi connectivity index (χ1v) is 7.23. The van der Waals surface area contributed by atoms with Crippen LogP contribution in [0.15, 0.2) is 24.3 Å². The number of rotatable bonds is 7. The lowest BCUT2D eigenvalue weighted by atomic mass is 10.1. The standard InChI is InChI=1S/C16H22N2O4/c1-4-11(2)17-16(21)12-6-5-7-13(10-12)18-14(19)8-9-15(20)22-3/h5-7,10-11H,4,8-9H2,1-3H3,(H,17,21)(H,18,19)/t11-/m0/s1. The van der Waals surface area contributed by atoms with Gasteiger partial charge >= 0.3 is 5.97 Å². The van der Waals surface area contributed by atoms with E-state index in [1.807, 2.05) is 13.8 Å². The van der Waals surface area contributed by atoms with E-state index in [1.54, 1.807) is 24.3 Å². The van der Waals surface area contributed by atoms with Crippen LogP contribution in [-0.2, 0) is 14.3 Å². The molecule has 0 aromatic heterocycles. The Balaban J connectivity index is 2.62. The molecule has 0 unspecified atom stereocenters. The molecule has 0 bridgehead atoms. The van der Waals surface area contributed by atoms with Gasteiger partial charge in [-0.1, -0.05) is 13.0 Å². The van der Waals surface area contributed by atoms with Crippen molar-refractivity contribution in [2.75, 3.05) is 12.4 Å². The van der Waals surface area contributed by atoms with Crippen LogP contribution in [0.5, 0.6) is 0 Å². The predicted molar refractivity (Wildman–Crippen MR) is 83.5 cm³/mol. The molecule has 0 spiro atoms. The molecule has 0 saturated heterocycles. The average Bonchev–Trinajstić information content (AvgIpc) is 2.52. The summed E-state index contributed by atoms with van der Waals surface area (Å²) in [6.07, 6.45) is 0.905. The molecule has 2 amide bonds. The van der Waals surface area contributed by atoms with Crippen LogP contribution in [0.25, 0.3) is 0 Å². The van der Waals surface area contributed by atoms with E-state index in [4.69, 9.17) is 0 Å². The van der Waals surface area contributed by atoms with Crippen molar-refractivity contribution >= 4 is 23.5 Å². The minimum absolute atomic E-state index is 0.0243. The molecular weight excluding hydrogens is 284 g/mol. The number of hydrogen-bond donors (Lipinski definition) is 2. The minimum atomic E-state index is -0.433. The molecule has 1 rings (SSSR count). The third kappa shape index (κ3) is 5.95. The van der Waals surface area contributed by atoms with Gasteiger partial charge in [0, 0.05) is 23.7 Å². The normalized spacial score (nSPS) is 11.4. The molecule has 0 radical (unpaired) electrons. The monoisotopic (exact) mass is 306 g/mol. The fourth-order valence-corrected chi connectivity index (χ4v) is 1.69. The SMILES string of the molecule is CC[C@H](C)NC(=O)c1cccc(NC(=O)CCC(=O)OC)c1. The summed E-state index contributed by atoms with van der Waals surface area (Å²) in [4.78, 5) is 34.7. The summed E-state index contributed by atoms with van der Waals surface area (Å²) in [5.41, 5.74) is 0.998. The summed E-state index contributed by atoms with van der Waals surface area (Å²) < 4.78 is 4.48. The molecule has 0 fully saturated rings. The van der Waals surface area contributed by atoms with Crippen LogP contribution in [0.2, 0.25) is 0 Å². The van der Waals surface area contributed by atoms with Crippen LogP contribution in [0.3, 0.4) is 0 Å². The maximum absolute atomic E-state index is 12.0. The summed E-state index contributed by atoms with van der Waals surface area (Å²) in [5.74, 6) is -0.915. The van der Waals surface area contributed by atoms with Crippen molar-refractivity contribution in [3.05, 3.63) is 29.8 Å². The lowest BCUT2D eigenvalue weighted by molar-refractivity contribution is -0.141. The highest BCUT2D eigenvalue weighted by atomic mass is 16.5. The van der Waals surface area contributed by atoms with Gasteiger partial charge in [-0.25, -0.2) is 0 Å². The van der Waals surface area contributed by atoms with Gasteiger partial charge in [0.25, 0.3) is 5.91 Å². The zero-order valence-corrected chi connectivity index (χ0v) is 13.1. The van der Waals surface area contributed by atoms with E-state index in [9.17, 15) is 14.4 Å². The Labute approximate surface area is 130 Å². The molecular formula is C16H22N2O4. The van der Waals surface area contributed by atoms with Gasteiger partial charge in [0.05, 0.1) is 13.5 Å². The van der Waals surface area contributed by atoms with Crippen LogP contribution in [0.4, 0.5) is 5.69 Å². The molecule has 1 atom stereocenters. The second-order valence-corrected chi connectivity index (χ2v) is 4.99. The number of hydrogen-bond acceptors (Lipinski definition) is 4. The predicted octanol–water partition coefficient (Wildman–Crippen LogP) is 2.11. The van der Waals surface area contributed by atoms with Crippen LogP contribution in [-0.4, -0.2) is 30.9 Å². The highest BCUT2D eigenvalue weighted by Gasteiger charge is 2.11. The molecule has 22 heavy (non-hydrogen) atoms. The van der Waals surface area contributed by atoms with Crippen molar-refractivity contribution in [2.45, 2.75) is 39.2 Å². The Morgan fingerprint density at radius 3 is 2.59 bits per heavy atom. The van der Waals surface area contributed by atoms with Gasteiger partial charge in [0.15, 0.2) is 0 Å². The molecule has 6 heteroatoms. The number of carbonyl (C=O) groups is 3. The van der Waals surface area contributed by atoms with Gasteiger partial charge in [0.2, 0.25) is 5.91 Å². The van der Waals surface area contributed by atoms with E-state index in [2.05, 4.69) is 15.4 Å². The number of methoxy groups -OCH3 is 1. The molecule has 2 N–H and O–H groups in total. The number of amides is 2. The molecule has 0 aliphatic heterocycles. The van der Waals surface area contributed by atoms with Gasteiger partial charge in [0.1, 0.15) is 0 Å². The summed E-state index contributed by atoms with van der Waals surface area (Å²) >= 11 is 0. The highest BCUT2D eigenvalue weighted by Crippen LogP contribution is 2.12. The lowest BCUT2D eigenvalue weighted by Crippen LogP contribution is -2.31. The van der Waals surface area contributed by atoms with E-state index in [1.165, 1.54) is 7.11 Å². The molecule has 0 heterocycles. The zero-order chi connectivity index (χ0) is 16.5. The summed E-state index contributed by atoms with van der Waals surface area (Å²) in [5, 5.41) is 5.52. The second-order valence-electron chi connectivity index (χ2n) is 4.99. The molecule has 6 nitrogen and oxygen atoms in total.